The van der Waals surface area contributed by atoms with Crippen molar-refractivity contribution in [3.8, 4) is 11.5 Å². The molecule has 9 nitrogen and oxygen atoms in total. The molecule has 0 aliphatic carbocycles. The number of aliphatic hydroxyl groups excluding tert-OH is 1. The molecule has 1 amide bonds. The zero-order valence-corrected chi connectivity index (χ0v) is 16.5. The smallest absolute Gasteiger partial charge is 0.270 e. The number of aliphatic hydroxyl groups is 1. The molecule has 2 aromatic heterocycles. The molecule has 0 saturated carbocycles. The van der Waals surface area contributed by atoms with Gasteiger partial charge in [-0.1, -0.05) is 0 Å². The number of thiazole rings is 1. The second-order valence-electron chi connectivity index (χ2n) is 5.83. The van der Waals surface area contributed by atoms with Crippen LogP contribution >= 0.6 is 11.3 Å². The fourth-order valence-electron chi connectivity index (χ4n) is 2.75. The summed E-state index contributed by atoms with van der Waals surface area (Å²) in [5.41, 5.74) is 7.10. The van der Waals surface area contributed by atoms with Crippen molar-refractivity contribution in [2.45, 2.75) is 0 Å². The van der Waals surface area contributed by atoms with Gasteiger partial charge in [-0.25, -0.2) is 9.97 Å². The van der Waals surface area contributed by atoms with E-state index in [9.17, 15) is 4.79 Å². The van der Waals surface area contributed by atoms with E-state index in [0.717, 1.165) is 11.1 Å². The number of aromatic nitrogens is 2. The van der Waals surface area contributed by atoms with Crippen LogP contribution in [0.4, 0.5) is 16.6 Å². The number of nitrogens with two attached hydrogens (primary N) is 1. The molecule has 0 spiro atoms. The van der Waals surface area contributed by atoms with E-state index in [4.69, 9.17) is 20.3 Å². The molecule has 148 valence electrons. The number of methoxy groups -OCH3 is 2. The minimum Gasteiger partial charge on any atom is -0.497 e. The van der Waals surface area contributed by atoms with Crippen LogP contribution in [0.1, 0.15) is 10.5 Å². The number of anilines is 3. The van der Waals surface area contributed by atoms with Crippen LogP contribution in [0.2, 0.25) is 0 Å². The van der Waals surface area contributed by atoms with Gasteiger partial charge in [-0.2, -0.15) is 0 Å². The maximum absolute atomic E-state index is 12.0. The Kier molecular flexibility index (Phi) is 5.81. The standard InChI is InChI=1S/C18H21N5O4S/c1-23(18-22-12(9-28-18)17(25)20-4-5-24)13-8-21-16(19)15-11(13)6-10(26-2)7-14(15)27-3/h6-9,24H,4-5H2,1-3H3,(H2,19,21)(H,20,25). The van der Waals surface area contributed by atoms with Crippen LogP contribution in [0, 0.1) is 0 Å². The molecule has 3 rings (SSSR count). The highest BCUT2D eigenvalue weighted by atomic mass is 32.1. The third-order valence-corrected chi connectivity index (χ3v) is 5.08. The molecule has 0 bridgehead atoms. The molecule has 10 heteroatoms. The van der Waals surface area contributed by atoms with Crippen LogP contribution in [-0.4, -0.2) is 55.4 Å². The highest BCUT2D eigenvalue weighted by Crippen LogP contribution is 2.40. The van der Waals surface area contributed by atoms with Gasteiger partial charge in [0.05, 0.1) is 38.1 Å². The number of ether oxygens (including phenoxy) is 2. The van der Waals surface area contributed by atoms with Gasteiger partial charge < -0.3 is 30.5 Å². The molecule has 1 aromatic carbocycles. The van der Waals surface area contributed by atoms with Crippen molar-refractivity contribution in [3.05, 3.63) is 29.4 Å². The summed E-state index contributed by atoms with van der Waals surface area (Å²) in [5, 5.41) is 15.1. The molecule has 2 heterocycles. The van der Waals surface area contributed by atoms with Crippen LogP contribution in [-0.2, 0) is 0 Å². The SMILES string of the molecule is COc1cc(OC)c2c(N)ncc(N(C)c3nc(C(=O)NCCO)cs3)c2c1. The van der Waals surface area contributed by atoms with E-state index in [0.29, 0.717) is 27.8 Å². The Labute approximate surface area is 165 Å². The molecular formula is C18H21N5O4S. The number of nitrogen functional groups attached to an aromatic ring is 1. The summed E-state index contributed by atoms with van der Waals surface area (Å²) < 4.78 is 10.8. The van der Waals surface area contributed by atoms with Gasteiger partial charge in [0.15, 0.2) is 5.13 Å². The predicted octanol–water partition coefficient (Wildman–Crippen LogP) is 1.78. The van der Waals surface area contributed by atoms with E-state index < -0.39 is 0 Å². The van der Waals surface area contributed by atoms with Gasteiger partial charge in [0, 0.05) is 30.4 Å². The van der Waals surface area contributed by atoms with Crippen LogP contribution in [0.25, 0.3) is 10.8 Å². The first kappa shape index (κ1) is 19.6. The maximum Gasteiger partial charge on any atom is 0.270 e. The molecule has 0 fully saturated rings. The van der Waals surface area contributed by atoms with E-state index in [1.807, 2.05) is 18.0 Å². The van der Waals surface area contributed by atoms with Crippen LogP contribution in [0.5, 0.6) is 11.5 Å². The van der Waals surface area contributed by atoms with Gasteiger partial charge in [0.1, 0.15) is 23.0 Å². The molecule has 3 aromatic rings. The van der Waals surface area contributed by atoms with Crippen molar-refractivity contribution < 1.29 is 19.4 Å². The summed E-state index contributed by atoms with van der Waals surface area (Å²) >= 11 is 1.32. The summed E-state index contributed by atoms with van der Waals surface area (Å²) in [6, 6.07) is 3.60. The number of hydrogen-bond acceptors (Lipinski definition) is 9. The minimum absolute atomic E-state index is 0.130. The van der Waals surface area contributed by atoms with E-state index >= 15 is 0 Å². The van der Waals surface area contributed by atoms with E-state index in [-0.39, 0.29) is 24.8 Å². The fraction of sp³-hybridized carbons (Fsp3) is 0.278. The second-order valence-corrected chi connectivity index (χ2v) is 6.67. The van der Waals surface area contributed by atoms with Crippen LogP contribution in [0.3, 0.4) is 0 Å². The molecule has 0 aliphatic rings. The van der Waals surface area contributed by atoms with Crippen molar-refractivity contribution in [1.29, 1.82) is 0 Å². The average Bonchev–Trinajstić information content (AvgIpc) is 3.21. The van der Waals surface area contributed by atoms with Gasteiger partial charge in [0.25, 0.3) is 5.91 Å². The Morgan fingerprint density at radius 3 is 2.82 bits per heavy atom. The molecule has 0 radical (unpaired) electrons. The normalized spacial score (nSPS) is 10.7. The lowest BCUT2D eigenvalue weighted by atomic mass is 10.1. The zero-order chi connectivity index (χ0) is 20.3. The molecule has 0 atom stereocenters. The van der Waals surface area contributed by atoms with Gasteiger partial charge in [-0.15, -0.1) is 11.3 Å². The molecule has 4 N–H and O–H groups in total. The number of fused-ring (bicyclic) bond motifs is 1. The van der Waals surface area contributed by atoms with Crippen molar-refractivity contribution >= 4 is 44.7 Å². The molecule has 0 saturated heterocycles. The quantitative estimate of drug-likeness (QED) is 0.546. The largest absolute Gasteiger partial charge is 0.497 e. The van der Waals surface area contributed by atoms with Crippen LogP contribution < -0.4 is 25.4 Å². The highest BCUT2D eigenvalue weighted by Gasteiger charge is 2.19. The molecule has 0 unspecified atom stereocenters. The Bertz CT molecular complexity index is 1010. The lowest BCUT2D eigenvalue weighted by molar-refractivity contribution is 0.0940. The second kappa shape index (κ2) is 8.28. The average molecular weight is 403 g/mol. The summed E-state index contributed by atoms with van der Waals surface area (Å²) in [5.74, 6) is 1.18. The summed E-state index contributed by atoms with van der Waals surface area (Å²) in [7, 11) is 4.96. The lowest BCUT2D eigenvalue weighted by Crippen LogP contribution is -2.26. The number of nitrogens with one attached hydrogen (secondary N) is 1. The van der Waals surface area contributed by atoms with Gasteiger partial charge in [0.2, 0.25) is 0 Å². The third kappa shape index (κ3) is 3.64. The van der Waals surface area contributed by atoms with E-state index in [1.54, 1.807) is 31.9 Å². The number of carbonyl (C=O) groups excluding carboxylic acids is 1. The minimum atomic E-state index is -0.339. The summed E-state index contributed by atoms with van der Waals surface area (Å²) in [6.45, 7) is 0.0447. The van der Waals surface area contributed by atoms with E-state index in [1.165, 1.54) is 11.3 Å². The number of carbonyl (C=O) groups is 1. The summed E-state index contributed by atoms with van der Waals surface area (Å²) in [4.78, 5) is 22.5. The Hall–Kier alpha value is -3.11. The Balaban J connectivity index is 2.05. The number of rotatable bonds is 7. The number of pyridine rings is 1. The van der Waals surface area contributed by atoms with Gasteiger partial charge in [-0.05, 0) is 6.07 Å². The zero-order valence-electron chi connectivity index (χ0n) is 15.7. The molecule has 28 heavy (non-hydrogen) atoms. The third-order valence-electron chi connectivity index (χ3n) is 4.16. The van der Waals surface area contributed by atoms with Crippen LogP contribution in [0.15, 0.2) is 23.7 Å². The summed E-state index contributed by atoms with van der Waals surface area (Å²) in [6.07, 6.45) is 1.64. The number of benzene rings is 1. The topological polar surface area (TPSA) is 123 Å². The van der Waals surface area contributed by atoms with Crippen molar-refractivity contribution in [2.75, 3.05) is 45.1 Å². The van der Waals surface area contributed by atoms with E-state index in [2.05, 4.69) is 15.3 Å². The Morgan fingerprint density at radius 2 is 2.14 bits per heavy atom. The highest BCUT2D eigenvalue weighted by molar-refractivity contribution is 7.14. The number of nitrogens with zero attached hydrogens (tertiary/aromatic N) is 3. The van der Waals surface area contributed by atoms with Crippen molar-refractivity contribution in [2.24, 2.45) is 0 Å². The fourth-order valence-corrected chi connectivity index (χ4v) is 3.54. The molecular weight excluding hydrogens is 382 g/mol. The van der Waals surface area contributed by atoms with Gasteiger partial charge in [-0.3, -0.25) is 4.79 Å². The monoisotopic (exact) mass is 403 g/mol. The lowest BCUT2D eigenvalue weighted by Gasteiger charge is -2.20. The number of hydrogen-bond donors (Lipinski definition) is 3. The van der Waals surface area contributed by atoms with Crippen molar-refractivity contribution in [1.82, 2.24) is 15.3 Å². The first-order chi connectivity index (χ1) is 13.5. The first-order valence-electron chi connectivity index (χ1n) is 8.38. The van der Waals surface area contributed by atoms with Gasteiger partial charge >= 0.3 is 0 Å². The Morgan fingerprint density at radius 1 is 1.36 bits per heavy atom. The number of amides is 1. The first-order valence-corrected chi connectivity index (χ1v) is 9.26. The maximum atomic E-state index is 12.0. The predicted molar refractivity (Wildman–Crippen MR) is 109 cm³/mol. The molecule has 0 aliphatic heterocycles. The van der Waals surface area contributed by atoms with Crippen molar-refractivity contribution in [3.63, 3.8) is 0 Å².